The Labute approximate surface area is 116 Å². The summed E-state index contributed by atoms with van der Waals surface area (Å²) in [6.07, 6.45) is 0. The molecule has 1 rings (SSSR count). The number of hydrogen-bond acceptors (Lipinski definition) is 4. The molecule has 0 saturated heterocycles. The van der Waals surface area contributed by atoms with Gasteiger partial charge in [0.15, 0.2) is 0 Å². The lowest BCUT2D eigenvalue weighted by atomic mass is 10.1. The smallest absolute Gasteiger partial charge is 0.118 e. The molecule has 1 unspecified atom stereocenters. The third-order valence-electron chi connectivity index (χ3n) is 2.83. The van der Waals surface area contributed by atoms with Gasteiger partial charge in [-0.05, 0) is 31.2 Å². The molecule has 0 amide bonds. The minimum absolute atomic E-state index is 0.206. The van der Waals surface area contributed by atoms with Crippen LogP contribution in [0.15, 0.2) is 24.3 Å². The summed E-state index contributed by atoms with van der Waals surface area (Å²) >= 11 is 0. The monoisotopic (exact) mass is 267 g/mol. The van der Waals surface area contributed by atoms with Gasteiger partial charge in [0.05, 0.1) is 33.0 Å². The highest BCUT2D eigenvalue weighted by atomic mass is 16.5. The fourth-order valence-electron chi connectivity index (χ4n) is 1.82. The average Bonchev–Trinajstić information content (AvgIpc) is 2.46. The lowest BCUT2D eigenvalue weighted by Gasteiger charge is -2.18. The van der Waals surface area contributed by atoms with Crippen LogP contribution >= 0.6 is 0 Å². The van der Waals surface area contributed by atoms with Crippen molar-refractivity contribution in [2.75, 3.05) is 40.1 Å². The highest BCUT2D eigenvalue weighted by Gasteiger charge is 2.10. The SMILES string of the molecule is CCNC(COCCOCC)c1ccc(OC)cc1. The van der Waals surface area contributed by atoms with E-state index in [2.05, 4.69) is 24.4 Å². The molecule has 0 spiro atoms. The summed E-state index contributed by atoms with van der Waals surface area (Å²) in [5, 5.41) is 3.42. The molecular weight excluding hydrogens is 242 g/mol. The second-order valence-electron chi connectivity index (χ2n) is 4.16. The number of hydrogen-bond donors (Lipinski definition) is 1. The van der Waals surface area contributed by atoms with Crippen molar-refractivity contribution in [2.24, 2.45) is 0 Å². The first kappa shape index (κ1) is 16.0. The summed E-state index contributed by atoms with van der Waals surface area (Å²) in [5.41, 5.74) is 1.21. The summed E-state index contributed by atoms with van der Waals surface area (Å²) in [4.78, 5) is 0. The molecule has 0 radical (unpaired) electrons. The zero-order chi connectivity index (χ0) is 13.9. The van der Waals surface area contributed by atoms with Gasteiger partial charge < -0.3 is 19.5 Å². The van der Waals surface area contributed by atoms with E-state index in [0.29, 0.717) is 19.8 Å². The summed E-state index contributed by atoms with van der Waals surface area (Å²) < 4.78 is 16.1. The number of methoxy groups -OCH3 is 1. The molecule has 108 valence electrons. The predicted octanol–water partition coefficient (Wildman–Crippen LogP) is 2.40. The third-order valence-corrected chi connectivity index (χ3v) is 2.83. The molecule has 0 aliphatic rings. The second-order valence-corrected chi connectivity index (χ2v) is 4.16. The van der Waals surface area contributed by atoms with Crippen molar-refractivity contribution in [3.05, 3.63) is 29.8 Å². The zero-order valence-corrected chi connectivity index (χ0v) is 12.1. The maximum atomic E-state index is 5.64. The van der Waals surface area contributed by atoms with E-state index in [-0.39, 0.29) is 6.04 Å². The van der Waals surface area contributed by atoms with E-state index in [1.165, 1.54) is 5.56 Å². The average molecular weight is 267 g/mol. The second kappa shape index (κ2) is 9.78. The van der Waals surface area contributed by atoms with Crippen LogP contribution in [-0.2, 0) is 9.47 Å². The van der Waals surface area contributed by atoms with E-state index in [4.69, 9.17) is 14.2 Å². The van der Waals surface area contributed by atoms with Crippen LogP contribution in [-0.4, -0.2) is 40.1 Å². The molecule has 1 N–H and O–H groups in total. The third kappa shape index (κ3) is 6.05. The van der Waals surface area contributed by atoms with Crippen LogP contribution in [0.25, 0.3) is 0 Å². The quantitative estimate of drug-likeness (QED) is 0.661. The number of nitrogens with one attached hydrogen (secondary N) is 1. The summed E-state index contributed by atoms with van der Waals surface area (Å²) in [6.45, 7) is 7.65. The van der Waals surface area contributed by atoms with Gasteiger partial charge >= 0.3 is 0 Å². The number of rotatable bonds is 10. The molecule has 1 aromatic rings. The van der Waals surface area contributed by atoms with Gasteiger partial charge in [0, 0.05) is 6.61 Å². The Morgan fingerprint density at radius 1 is 1.05 bits per heavy atom. The minimum atomic E-state index is 0.206. The minimum Gasteiger partial charge on any atom is -0.497 e. The van der Waals surface area contributed by atoms with Gasteiger partial charge in [-0.2, -0.15) is 0 Å². The molecule has 19 heavy (non-hydrogen) atoms. The Hall–Kier alpha value is -1.10. The van der Waals surface area contributed by atoms with Crippen molar-refractivity contribution in [1.82, 2.24) is 5.32 Å². The van der Waals surface area contributed by atoms with Crippen LogP contribution < -0.4 is 10.1 Å². The lowest BCUT2D eigenvalue weighted by molar-refractivity contribution is 0.0435. The van der Waals surface area contributed by atoms with Crippen LogP contribution in [0.2, 0.25) is 0 Å². The van der Waals surface area contributed by atoms with E-state index >= 15 is 0 Å². The molecule has 1 atom stereocenters. The maximum Gasteiger partial charge on any atom is 0.118 e. The molecule has 4 heteroatoms. The highest BCUT2D eigenvalue weighted by molar-refractivity contribution is 5.29. The van der Waals surface area contributed by atoms with Gasteiger partial charge in [-0.15, -0.1) is 0 Å². The van der Waals surface area contributed by atoms with E-state index in [1.807, 2.05) is 19.1 Å². The fourth-order valence-corrected chi connectivity index (χ4v) is 1.82. The zero-order valence-electron chi connectivity index (χ0n) is 12.1. The molecule has 0 aliphatic heterocycles. The fraction of sp³-hybridized carbons (Fsp3) is 0.600. The van der Waals surface area contributed by atoms with Crippen LogP contribution in [0.1, 0.15) is 25.5 Å². The summed E-state index contributed by atoms with van der Waals surface area (Å²) in [6, 6.07) is 8.29. The Morgan fingerprint density at radius 2 is 1.74 bits per heavy atom. The van der Waals surface area contributed by atoms with Crippen molar-refractivity contribution in [1.29, 1.82) is 0 Å². The van der Waals surface area contributed by atoms with Crippen molar-refractivity contribution in [3.63, 3.8) is 0 Å². The standard InChI is InChI=1S/C15H25NO3/c1-4-16-15(12-19-11-10-18-5-2)13-6-8-14(17-3)9-7-13/h6-9,15-16H,4-5,10-12H2,1-3H3. The molecular formula is C15H25NO3. The van der Waals surface area contributed by atoms with Gasteiger partial charge in [-0.1, -0.05) is 19.1 Å². The van der Waals surface area contributed by atoms with Gasteiger partial charge in [0.1, 0.15) is 5.75 Å². The number of likely N-dealkylation sites (N-methyl/N-ethyl adjacent to an activating group) is 1. The van der Waals surface area contributed by atoms with Crippen molar-refractivity contribution in [3.8, 4) is 5.75 Å². The van der Waals surface area contributed by atoms with E-state index in [1.54, 1.807) is 7.11 Å². The molecule has 0 bridgehead atoms. The maximum absolute atomic E-state index is 5.64. The molecule has 0 aliphatic carbocycles. The normalized spacial score (nSPS) is 12.4. The molecule has 0 saturated carbocycles. The Bertz CT molecular complexity index is 327. The Kier molecular flexibility index (Phi) is 8.21. The van der Waals surface area contributed by atoms with E-state index in [9.17, 15) is 0 Å². The summed E-state index contributed by atoms with van der Waals surface area (Å²) in [5.74, 6) is 0.872. The van der Waals surface area contributed by atoms with E-state index < -0.39 is 0 Å². The van der Waals surface area contributed by atoms with Crippen molar-refractivity contribution >= 4 is 0 Å². The molecule has 0 fully saturated rings. The Morgan fingerprint density at radius 3 is 2.32 bits per heavy atom. The predicted molar refractivity (Wildman–Crippen MR) is 76.7 cm³/mol. The Balaban J connectivity index is 2.45. The molecule has 4 nitrogen and oxygen atoms in total. The lowest BCUT2D eigenvalue weighted by Crippen LogP contribution is -2.26. The largest absolute Gasteiger partial charge is 0.497 e. The van der Waals surface area contributed by atoms with E-state index in [0.717, 1.165) is 18.9 Å². The first-order valence-electron chi connectivity index (χ1n) is 6.84. The van der Waals surface area contributed by atoms with Crippen LogP contribution in [0, 0.1) is 0 Å². The van der Waals surface area contributed by atoms with Crippen LogP contribution in [0.3, 0.4) is 0 Å². The first-order chi connectivity index (χ1) is 9.31. The molecule has 0 heterocycles. The van der Waals surface area contributed by atoms with Crippen LogP contribution in [0.5, 0.6) is 5.75 Å². The topological polar surface area (TPSA) is 39.7 Å². The van der Waals surface area contributed by atoms with Crippen LogP contribution in [0.4, 0.5) is 0 Å². The van der Waals surface area contributed by atoms with Crippen molar-refractivity contribution < 1.29 is 14.2 Å². The molecule has 0 aromatic heterocycles. The number of benzene rings is 1. The van der Waals surface area contributed by atoms with Gasteiger partial charge in [-0.3, -0.25) is 0 Å². The van der Waals surface area contributed by atoms with Crippen molar-refractivity contribution in [2.45, 2.75) is 19.9 Å². The number of ether oxygens (including phenoxy) is 3. The van der Waals surface area contributed by atoms with Gasteiger partial charge in [0.25, 0.3) is 0 Å². The van der Waals surface area contributed by atoms with Gasteiger partial charge in [0.2, 0.25) is 0 Å². The highest BCUT2D eigenvalue weighted by Crippen LogP contribution is 2.17. The summed E-state index contributed by atoms with van der Waals surface area (Å²) in [7, 11) is 1.67. The first-order valence-corrected chi connectivity index (χ1v) is 6.84. The molecule has 1 aromatic carbocycles. The van der Waals surface area contributed by atoms with Gasteiger partial charge in [-0.25, -0.2) is 0 Å².